The molecule has 7 heteroatoms. The number of hydrogen-bond donors (Lipinski definition) is 2. The Morgan fingerprint density at radius 3 is 2.62 bits per heavy atom. The summed E-state index contributed by atoms with van der Waals surface area (Å²) in [6, 6.07) is 5.45. The van der Waals surface area contributed by atoms with E-state index in [2.05, 4.69) is 5.32 Å². The van der Waals surface area contributed by atoms with Crippen LogP contribution in [0.4, 0.5) is 13.2 Å². The van der Waals surface area contributed by atoms with E-state index in [1.54, 1.807) is 6.07 Å². The molecule has 24 heavy (non-hydrogen) atoms. The van der Waals surface area contributed by atoms with E-state index in [1.807, 2.05) is 6.92 Å². The average Bonchev–Trinajstić information content (AvgIpc) is 2.46. The fourth-order valence-corrected chi connectivity index (χ4v) is 3.25. The van der Waals surface area contributed by atoms with Gasteiger partial charge in [0.1, 0.15) is 0 Å². The van der Waals surface area contributed by atoms with Crippen LogP contribution in [0.15, 0.2) is 24.3 Å². The van der Waals surface area contributed by atoms with E-state index < -0.39 is 17.3 Å². The van der Waals surface area contributed by atoms with Crippen molar-refractivity contribution in [1.82, 2.24) is 5.32 Å². The van der Waals surface area contributed by atoms with Crippen LogP contribution in [0, 0.1) is 5.92 Å². The van der Waals surface area contributed by atoms with E-state index in [0.717, 1.165) is 31.7 Å². The number of benzene rings is 1. The number of alkyl halides is 3. The third-order valence-corrected chi connectivity index (χ3v) is 4.59. The molecule has 0 spiro atoms. The largest absolute Gasteiger partial charge is 0.416 e. The molecule has 0 radical (unpaired) electrons. The Morgan fingerprint density at radius 1 is 1.33 bits per heavy atom. The van der Waals surface area contributed by atoms with Gasteiger partial charge in [-0.1, -0.05) is 31.0 Å². The summed E-state index contributed by atoms with van der Waals surface area (Å²) in [7, 11) is 0. The molecule has 136 valence electrons. The smallest absolute Gasteiger partial charge is 0.355 e. The van der Waals surface area contributed by atoms with Crippen molar-refractivity contribution in [1.29, 1.82) is 0 Å². The Bertz CT molecular complexity index is 561. The minimum absolute atomic E-state index is 0. The Balaban J connectivity index is 0.00000288. The van der Waals surface area contributed by atoms with Crippen molar-refractivity contribution in [2.24, 2.45) is 11.7 Å². The molecular weight excluding hydrogens is 341 g/mol. The molecule has 1 amide bonds. The van der Waals surface area contributed by atoms with Crippen molar-refractivity contribution in [3.8, 4) is 0 Å². The number of halogens is 4. The Kier molecular flexibility index (Phi) is 7.10. The second-order valence-electron chi connectivity index (χ2n) is 6.50. The molecule has 3 N–H and O–H groups in total. The van der Waals surface area contributed by atoms with E-state index >= 15 is 0 Å². The quantitative estimate of drug-likeness (QED) is 0.856. The molecule has 3 nitrogen and oxygen atoms in total. The number of carbonyl (C=O) groups excluding carboxylic acids is 1. The number of nitrogens with one attached hydrogen (secondary N) is 1. The molecule has 2 unspecified atom stereocenters. The summed E-state index contributed by atoms with van der Waals surface area (Å²) in [5, 5.41) is 2.75. The highest BCUT2D eigenvalue weighted by Crippen LogP contribution is 2.33. The van der Waals surface area contributed by atoms with E-state index in [0.29, 0.717) is 0 Å². The van der Waals surface area contributed by atoms with Gasteiger partial charge in [0, 0.05) is 12.1 Å². The van der Waals surface area contributed by atoms with Crippen LogP contribution >= 0.6 is 12.4 Å². The highest BCUT2D eigenvalue weighted by Gasteiger charge is 2.37. The lowest BCUT2D eigenvalue weighted by Crippen LogP contribution is -2.53. The molecule has 1 saturated carbocycles. The van der Waals surface area contributed by atoms with Crippen LogP contribution in [0.1, 0.15) is 43.7 Å². The van der Waals surface area contributed by atoms with Gasteiger partial charge in [-0.15, -0.1) is 12.4 Å². The summed E-state index contributed by atoms with van der Waals surface area (Å²) in [5.74, 6) is -0.423. The SMILES string of the molecule is CC1(N)CCCCC1C(=O)NCCc1ccccc1C(F)(F)F.Cl. The molecule has 1 aliphatic rings. The summed E-state index contributed by atoms with van der Waals surface area (Å²) in [4.78, 5) is 12.3. The molecular formula is C17H24ClF3N2O. The van der Waals surface area contributed by atoms with Crippen molar-refractivity contribution in [2.45, 2.75) is 50.7 Å². The standard InChI is InChI=1S/C17H23F3N2O.ClH/c1-16(21)10-5-4-8-14(16)15(23)22-11-9-12-6-2-3-7-13(12)17(18,19)20;/h2-3,6-7,14H,4-5,8-11,21H2,1H3,(H,22,23);1H. The Hall–Kier alpha value is -1.27. The zero-order chi connectivity index (χ0) is 17.1. The zero-order valence-electron chi connectivity index (χ0n) is 13.7. The van der Waals surface area contributed by atoms with Gasteiger partial charge >= 0.3 is 6.18 Å². The van der Waals surface area contributed by atoms with Crippen LogP contribution in [-0.4, -0.2) is 18.0 Å². The Morgan fingerprint density at radius 2 is 2.00 bits per heavy atom. The maximum Gasteiger partial charge on any atom is 0.416 e. The molecule has 2 atom stereocenters. The highest BCUT2D eigenvalue weighted by molar-refractivity contribution is 5.85. The van der Waals surface area contributed by atoms with E-state index in [1.165, 1.54) is 12.1 Å². The van der Waals surface area contributed by atoms with Gasteiger partial charge in [-0.05, 0) is 37.8 Å². The number of amides is 1. The molecule has 1 aromatic carbocycles. The van der Waals surface area contributed by atoms with Crippen LogP contribution in [0.25, 0.3) is 0 Å². The van der Waals surface area contributed by atoms with Crippen molar-refractivity contribution >= 4 is 18.3 Å². The lowest BCUT2D eigenvalue weighted by atomic mass is 9.74. The van der Waals surface area contributed by atoms with Crippen molar-refractivity contribution in [3.63, 3.8) is 0 Å². The normalized spacial score (nSPS) is 24.1. The molecule has 2 rings (SSSR count). The molecule has 1 fully saturated rings. The summed E-state index contributed by atoms with van der Waals surface area (Å²) in [5.41, 5.74) is 5.19. The van der Waals surface area contributed by atoms with E-state index in [9.17, 15) is 18.0 Å². The summed E-state index contributed by atoms with van der Waals surface area (Å²) in [6.07, 6.45) is -0.729. The molecule has 0 heterocycles. The molecule has 1 aliphatic carbocycles. The van der Waals surface area contributed by atoms with Gasteiger partial charge in [0.05, 0.1) is 11.5 Å². The van der Waals surface area contributed by atoms with Crippen molar-refractivity contribution < 1.29 is 18.0 Å². The van der Waals surface area contributed by atoms with Crippen LogP contribution < -0.4 is 11.1 Å². The lowest BCUT2D eigenvalue weighted by Gasteiger charge is -2.37. The molecule has 0 aromatic heterocycles. The number of carbonyl (C=O) groups is 1. The maximum atomic E-state index is 12.9. The minimum atomic E-state index is -4.38. The predicted molar refractivity (Wildman–Crippen MR) is 90.0 cm³/mol. The zero-order valence-corrected chi connectivity index (χ0v) is 14.5. The van der Waals surface area contributed by atoms with E-state index in [-0.39, 0.29) is 42.8 Å². The lowest BCUT2D eigenvalue weighted by molar-refractivity contribution is -0.138. The van der Waals surface area contributed by atoms with Crippen molar-refractivity contribution in [3.05, 3.63) is 35.4 Å². The maximum absolute atomic E-state index is 12.9. The van der Waals surface area contributed by atoms with Gasteiger partial charge in [-0.2, -0.15) is 13.2 Å². The minimum Gasteiger partial charge on any atom is -0.355 e. The summed E-state index contributed by atoms with van der Waals surface area (Å²) >= 11 is 0. The average molecular weight is 365 g/mol. The summed E-state index contributed by atoms with van der Waals surface area (Å²) < 4.78 is 38.8. The van der Waals surface area contributed by atoms with E-state index in [4.69, 9.17) is 5.73 Å². The Labute approximate surface area is 146 Å². The van der Waals surface area contributed by atoms with Gasteiger partial charge in [0.15, 0.2) is 0 Å². The van der Waals surface area contributed by atoms with Gasteiger partial charge < -0.3 is 11.1 Å². The summed E-state index contributed by atoms with van der Waals surface area (Å²) in [6.45, 7) is 2.05. The first kappa shape index (κ1) is 20.8. The second kappa shape index (κ2) is 8.21. The van der Waals surface area contributed by atoms with Crippen LogP contribution in [-0.2, 0) is 17.4 Å². The molecule has 0 bridgehead atoms. The first-order valence-corrected chi connectivity index (χ1v) is 7.93. The van der Waals surface area contributed by atoms with Gasteiger partial charge in [-0.25, -0.2) is 0 Å². The third kappa shape index (κ3) is 5.11. The van der Waals surface area contributed by atoms with Gasteiger partial charge in [0.2, 0.25) is 5.91 Å². The number of hydrogen-bond acceptors (Lipinski definition) is 2. The van der Waals surface area contributed by atoms with Gasteiger partial charge in [0.25, 0.3) is 0 Å². The third-order valence-electron chi connectivity index (χ3n) is 4.59. The van der Waals surface area contributed by atoms with Gasteiger partial charge in [-0.3, -0.25) is 4.79 Å². The monoisotopic (exact) mass is 364 g/mol. The first-order chi connectivity index (χ1) is 10.7. The van der Waals surface area contributed by atoms with Crippen LogP contribution in [0.2, 0.25) is 0 Å². The number of nitrogens with two attached hydrogens (primary N) is 1. The molecule has 0 saturated heterocycles. The highest BCUT2D eigenvalue weighted by atomic mass is 35.5. The van der Waals surface area contributed by atoms with Crippen LogP contribution in [0.3, 0.4) is 0 Å². The predicted octanol–water partition coefficient (Wildman–Crippen LogP) is 3.69. The van der Waals surface area contributed by atoms with Crippen molar-refractivity contribution in [2.75, 3.05) is 6.54 Å². The fourth-order valence-electron chi connectivity index (χ4n) is 3.25. The first-order valence-electron chi connectivity index (χ1n) is 7.93. The second-order valence-corrected chi connectivity index (χ2v) is 6.50. The fraction of sp³-hybridized carbons (Fsp3) is 0.588. The van der Waals surface area contributed by atoms with Crippen LogP contribution in [0.5, 0.6) is 0 Å². The topological polar surface area (TPSA) is 55.1 Å². The molecule has 0 aliphatic heterocycles. The molecule has 1 aromatic rings. The number of rotatable bonds is 4.